The average molecular weight is 367 g/mol. The molecular formula is C19H21N5OS. The number of benzene rings is 1. The van der Waals surface area contributed by atoms with Gasteiger partial charge in [-0.15, -0.1) is 11.3 Å². The molecule has 134 valence electrons. The maximum atomic E-state index is 12.2. The molecule has 1 aliphatic carbocycles. The average Bonchev–Trinajstić information content (AvgIpc) is 3.22. The summed E-state index contributed by atoms with van der Waals surface area (Å²) in [5.41, 5.74) is 3.10. The number of nitrogens with one attached hydrogen (secondary N) is 2. The Morgan fingerprint density at radius 1 is 1.15 bits per heavy atom. The highest BCUT2D eigenvalue weighted by molar-refractivity contribution is 7.15. The quantitative estimate of drug-likeness (QED) is 0.687. The van der Waals surface area contributed by atoms with Crippen LogP contribution in [0.5, 0.6) is 0 Å². The Hall–Kier alpha value is -2.67. The molecule has 4 rings (SSSR count). The van der Waals surface area contributed by atoms with Gasteiger partial charge in [0.1, 0.15) is 0 Å². The third kappa shape index (κ3) is 3.94. The van der Waals surface area contributed by atoms with Crippen molar-refractivity contribution in [3.05, 3.63) is 58.9 Å². The third-order valence-electron chi connectivity index (χ3n) is 4.43. The van der Waals surface area contributed by atoms with Crippen LogP contribution in [0.4, 0.5) is 9.93 Å². The zero-order chi connectivity index (χ0) is 17.8. The van der Waals surface area contributed by atoms with E-state index < -0.39 is 0 Å². The molecule has 0 atom stereocenters. The van der Waals surface area contributed by atoms with Gasteiger partial charge in [-0.3, -0.25) is 5.32 Å². The van der Waals surface area contributed by atoms with Crippen molar-refractivity contribution in [3.63, 3.8) is 0 Å². The fourth-order valence-corrected chi connectivity index (χ4v) is 4.12. The van der Waals surface area contributed by atoms with Gasteiger partial charge in [-0.1, -0.05) is 24.6 Å². The fraction of sp³-hybridized carbons (Fsp3) is 0.316. The molecule has 2 aromatic heterocycles. The number of thiazole rings is 1. The van der Waals surface area contributed by atoms with Crippen molar-refractivity contribution in [1.82, 2.24) is 20.1 Å². The summed E-state index contributed by atoms with van der Waals surface area (Å²) < 4.78 is 1.80. The topological polar surface area (TPSA) is 71.8 Å². The van der Waals surface area contributed by atoms with Crippen molar-refractivity contribution in [2.75, 3.05) is 5.32 Å². The molecule has 26 heavy (non-hydrogen) atoms. The van der Waals surface area contributed by atoms with Crippen molar-refractivity contribution in [3.8, 4) is 5.69 Å². The highest BCUT2D eigenvalue weighted by Gasteiger charge is 2.15. The van der Waals surface area contributed by atoms with Crippen LogP contribution in [-0.4, -0.2) is 20.8 Å². The minimum atomic E-state index is -0.235. The number of fused-ring (bicyclic) bond motifs is 1. The van der Waals surface area contributed by atoms with E-state index in [1.165, 1.54) is 24.1 Å². The number of aryl methyl sites for hydroxylation is 2. The smallest absolute Gasteiger partial charge is 0.321 e. The number of carbonyl (C=O) groups is 1. The Bertz CT molecular complexity index is 863. The van der Waals surface area contributed by atoms with E-state index in [1.807, 2.05) is 36.5 Å². The number of aromatic nitrogens is 3. The first-order valence-corrected chi connectivity index (χ1v) is 9.72. The highest BCUT2D eigenvalue weighted by atomic mass is 32.1. The standard InChI is InChI=1S/C19H21N5OS/c25-18(23-19-22-16-9-5-2-6-10-17(16)26-19)20-11-14-12-21-24(13-14)15-7-3-1-4-8-15/h1,3-4,7-8,12-13H,2,5-6,9-11H2,(H2,20,22,23,25). The number of hydrogen-bond donors (Lipinski definition) is 2. The Kier molecular flexibility index (Phi) is 4.97. The summed E-state index contributed by atoms with van der Waals surface area (Å²) in [7, 11) is 0. The number of carbonyl (C=O) groups excluding carboxylic acids is 1. The first-order valence-electron chi connectivity index (χ1n) is 8.90. The lowest BCUT2D eigenvalue weighted by Crippen LogP contribution is -2.28. The number of amides is 2. The number of nitrogens with zero attached hydrogens (tertiary/aromatic N) is 3. The van der Waals surface area contributed by atoms with Crippen LogP contribution in [0, 0.1) is 0 Å². The van der Waals surface area contributed by atoms with Crippen LogP contribution in [0.1, 0.15) is 35.4 Å². The summed E-state index contributed by atoms with van der Waals surface area (Å²) in [6, 6.07) is 9.65. The number of hydrogen-bond acceptors (Lipinski definition) is 4. The molecule has 0 radical (unpaired) electrons. The number of anilines is 1. The molecule has 0 unspecified atom stereocenters. The van der Waals surface area contributed by atoms with Crippen LogP contribution in [0.2, 0.25) is 0 Å². The van der Waals surface area contributed by atoms with Gasteiger partial charge in [0.25, 0.3) is 0 Å². The van der Waals surface area contributed by atoms with E-state index in [9.17, 15) is 4.79 Å². The molecule has 2 amide bonds. The van der Waals surface area contributed by atoms with Gasteiger partial charge in [0.15, 0.2) is 5.13 Å². The second kappa shape index (κ2) is 7.70. The lowest BCUT2D eigenvalue weighted by Gasteiger charge is -2.04. The molecule has 2 N–H and O–H groups in total. The Morgan fingerprint density at radius 2 is 2.00 bits per heavy atom. The zero-order valence-electron chi connectivity index (χ0n) is 14.4. The predicted molar refractivity (Wildman–Crippen MR) is 103 cm³/mol. The van der Waals surface area contributed by atoms with E-state index in [1.54, 1.807) is 22.2 Å². The maximum Gasteiger partial charge on any atom is 0.321 e. The van der Waals surface area contributed by atoms with Crippen molar-refractivity contribution >= 4 is 22.5 Å². The molecule has 1 aliphatic rings. The minimum Gasteiger partial charge on any atom is -0.334 e. The Morgan fingerprint density at radius 3 is 2.88 bits per heavy atom. The van der Waals surface area contributed by atoms with Gasteiger partial charge in [0.05, 0.1) is 17.6 Å². The summed E-state index contributed by atoms with van der Waals surface area (Å²) in [5, 5.41) is 10.8. The molecular weight excluding hydrogens is 346 g/mol. The molecule has 0 saturated carbocycles. The lowest BCUT2D eigenvalue weighted by molar-refractivity contribution is 0.251. The zero-order valence-corrected chi connectivity index (χ0v) is 15.3. The van der Waals surface area contributed by atoms with E-state index in [2.05, 4.69) is 20.7 Å². The largest absolute Gasteiger partial charge is 0.334 e. The second-order valence-corrected chi connectivity index (χ2v) is 7.47. The number of urea groups is 1. The van der Waals surface area contributed by atoms with Gasteiger partial charge in [0, 0.05) is 23.2 Å². The van der Waals surface area contributed by atoms with Crippen LogP contribution in [0.15, 0.2) is 42.7 Å². The molecule has 0 spiro atoms. The van der Waals surface area contributed by atoms with Crippen molar-refractivity contribution < 1.29 is 4.79 Å². The third-order valence-corrected chi connectivity index (χ3v) is 5.50. The fourth-order valence-electron chi connectivity index (χ4n) is 3.08. The van der Waals surface area contributed by atoms with Gasteiger partial charge in [-0.05, 0) is 37.8 Å². The van der Waals surface area contributed by atoms with E-state index >= 15 is 0 Å². The Balaban J connectivity index is 1.32. The normalized spacial score (nSPS) is 13.7. The second-order valence-electron chi connectivity index (χ2n) is 6.39. The first-order chi connectivity index (χ1) is 12.8. The lowest BCUT2D eigenvalue weighted by atomic mass is 10.2. The monoisotopic (exact) mass is 367 g/mol. The van der Waals surface area contributed by atoms with Gasteiger partial charge in [0.2, 0.25) is 0 Å². The van der Waals surface area contributed by atoms with Gasteiger partial charge in [-0.25, -0.2) is 14.5 Å². The van der Waals surface area contributed by atoms with Crippen LogP contribution < -0.4 is 10.6 Å². The first kappa shape index (κ1) is 16.8. The molecule has 0 saturated heterocycles. The molecule has 0 aliphatic heterocycles. The predicted octanol–water partition coefficient (Wildman–Crippen LogP) is 3.92. The Labute approximate surface area is 156 Å². The summed E-state index contributed by atoms with van der Waals surface area (Å²) in [6.45, 7) is 0.420. The van der Waals surface area contributed by atoms with Crippen LogP contribution in [0.25, 0.3) is 5.69 Å². The van der Waals surface area contributed by atoms with Crippen LogP contribution in [-0.2, 0) is 19.4 Å². The van der Waals surface area contributed by atoms with Crippen molar-refractivity contribution in [2.45, 2.75) is 38.6 Å². The van der Waals surface area contributed by atoms with E-state index in [-0.39, 0.29) is 6.03 Å². The molecule has 1 aromatic carbocycles. The van der Waals surface area contributed by atoms with Crippen molar-refractivity contribution in [1.29, 1.82) is 0 Å². The SMILES string of the molecule is O=C(NCc1cnn(-c2ccccc2)c1)Nc1nc2c(s1)CCCCC2. The summed E-state index contributed by atoms with van der Waals surface area (Å²) in [6.07, 6.45) is 9.45. The molecule has 6 nitrogen and oxygen atoms in total. The van der Waals surface area contributed by atoms with Gasteiger partial charge < -0.3 is 5.32 Å². The molecule has 0 bridgehead atoms. The maximum absolute atomic E-state index is 12.2. The molecule has 0 fully saturated rings. The summed E-state index contributed by atoms with van der Waals surface area (Å²) in [5.74, 6) is 0. The molecule has 2 heterocycles. The number of para-hydroxylation sites is 1. The molecule has 7 heteroatoms. The number of rotatable bonds is 4. The van der Waals surface area contributed by atoms with Crippen LogP contribution >= 0.6 is 11.3 Å². The van der Waals surface area contributed by atoms with E-state index in [4.69, 9.17) is 0 Å². The van der Waals surface area contributed by atoms with Crippen LogP contribution in [0.3, 0.4) is 0 Å². The van der Waals surface area contributed by atoms with E-state index in [0.717, 1.165) is 29.8 Å². The highest BCUT2D eigenvalue weighted by Crippen LogP contribution is 2.28. The van der Waals surface area contributed by atoms with Gasteiger partial charge >= 0.3 is 6.03 Å². The van der Waals surface area contributed by atoms with Gasteiger partial charge in [-0.2, -0.15) is 5.10 Å². The van der Waals surface area contributed by atoms with Crippen molar-refractivity contribution in [2.24, 2.45) is 0 Å². The van der Waals surface area contributed by atoms with E-state index in [0.29, 0.717) is 11.7 Å². The molecule has 3 aromatic rings. The minimum absolute atomic E-state index is 0.235. The summed E-state index contributed by atoms with van der Waals surface area (Å²) >= 11 is 1.60. The summed E-state index contributed by atoms with van der Waals surface area (Å²) in [4.78, 5) is 18.1.